The van der Waals surface area contributed by atoms with Crippen molar-refractivity contribution in [3.63, 3.8) is 0 Å². The van der Waals surface area contributed by atoms with E-state index in [1.165, 1.54) is 0 Å². The van der Waals surface area contributed by atoms with Gasteiger partial charge in [0.2, 0.25) is 0 Å². The summed E-state index contributed by atoms with van der Waals surface area (Å²) < 4.78 is 0. The summed E-state index contributed by atoms with van der Waals surface area (Å²) in [6.45, 7) is 1.91. The van der Waals surface area contributed by atoms with E-state index in [1.807, 2.05) is 31.2 Å². The van der Waals surface area contributed by atoms with Gasteiger partial charge in [0.1, 0.15) is 0 Å². The van der Waals surface area contributed by atoms with Gasteiger partial charge in [-0.3, -0.25) is 4.79 Å². The number of nitrogens with two attached hydrogens (primary N) is 1. The van der Waals surface area contributed by atoms with Gasteiger partial charge >= 0.3 is 0 Å². The summed E-state index contributed by atoms with van der Waals surface area (Å²) in [7, 11) is 0. The fourth-order valence-corrected chi connectivity index (χ4v) is 1.76. The number of carbonyl (C=O) groups excluding carboxylic acids is 1. The van der Waals surface area contributed by atoms with Gasteiger partial charge < -0.3 is 5.73 Å². The van der Waals surface area contributed by atoms with Crippen LogP contribution in [0.2, 0.25) is 0 Å². The Hall–Kier alpha value is -1.15. The summed E-state index contributed by atoms with van der Waals surface area (Å²) in [6.07, 6.45) is 0. The molecule has 1 aromatic carbocycles. The van der Waals surface area contributed by atoms with E-state index >= 15 is 0 Å². The molecule has 0 spiro atoms. The second kappa shape index (κ2) is 2.42. The predicted octanol–water partition coefficient (Wildman–Crippen LogP) is 1.37. The van der Waals surface area contributed by atoms with Gasteiger partial charge in [0, 0.05) is 5.92 Å². The molecule has 1 aromatic rings. The van der Waals surface area contributed by atoms with Crippen LogP contribution in [0.5, 0.6) is 0 Å². The number of hydrogen-bond donors (Lipinski definition) is 1. The van der Waals surface area contributed by atoms with E-state index < -0.39 is 6.04 Å². The summed E-state index contributed by atoms with van der Waals surface area (Å²) in [5.74, 6) is 0.118. The number of carbonyl (C=O) groups is 1. The number of rotatable bonds is 0. The fourth-order valence-electron chi connectivity index (χ4n) is 1.76. The SMILES string of the molecule is CC1C(=O)C(N)c2ccccc21. The van der Waals surface area contributed by atoms with Crippen molar-refractivity contribution in [2.45, 2.75) is 18.9 Å². The molecular formula is C10H11NO. The van der Waals surface area contributed by atoms with Gasteiger partial charge in [-0.1, -0.05) is 31.2 Å². The van der Waals surface area contributed by atoms with Crippen LogP contribution >= 0.6 is 0 Å². The van der Waals surface area contributed by atoms with E-state index in [0.717, 1.165) is 11.1 Å². The largest absolute Gasteiger partial charge is 0.318 e. The Morgan fingerprint density at radius 2 is 1.83 bits per heavy atom. The summed E-state index contributed by atoms with van der Waals surface area (Å²) in [5, 5.41) is 0. The number of ketones is 1. The first-order valence-electron chi connectivity index (χ1n) is 4.10. The highest BCUT2D eigenvalue weighted by molar-refractivity contribution is 5.95. The van der Waals surface area contributed by atoms with Gasteiger partial charge in [-0.15, -0.1) is 0 Å². The van der Waals surface area contributed by atoms with Crippen molar-refractivity contribution in [3.05, 3.63) is 35.4 Å². The van der Waals surface area contributed by atoms with E-state index in [9.17, 15) is 4.79 Å². The molecule has 62 valence electrons. The highest BCUT2D eigenvalue weighted by Gasteiger charge is 2.33. The summed E-state index contributed by atoms with van der Waals surface area (Å²) in [5.41, 5.74) is 7.82. The smallest absolute Gasteiger partial charge is 0.161 e. The topological polar surface area (TPSA) is 43.1 Å². The second-order valence-corrected chi connectivity index (χ2v) is 3.23. The first-order chi connectivity index (χ1) is 5.72. The van der Waals surface area contributed by atoms with Gasteiger partial charge in [0.15, 0.2) is 5.78 Å². The third kappa shape index (κ3) is 0.816. The molecule has 2 rings (SSSR count). The minimum absolute atomic E-state index is 0.0174. The minimum Gasteiger partial charge on any atom is -0.318 e. The zero-order valence-corrected chi connectivity index (χ0v) is 6.95. The third-order valence-electron chi connectivity index (χ3n) is 2.53. The van der Waals surface area contributed by atoms with E-state index in [2.05, 4.69) is 0 Å². The molecule has 0 fully saturated rings. The van der Waals surface area contributed by atoms with Crippen LogP contribution in [0, 0.1) is 0 Å². The van der Waals surface area contributed by atoms with Crippen LogP contribution in [0.25, 0.3) is 0 Å². The molecule has 2 heteroatoms. The molecule has 0 saturated heterocycles. The van der Waals surface area contributed by atoms with E-state index in [-0.39, 0.29) is 11.7 Å². The molecule has 0 amide bonds. The zero-order chi connectivity index (χ0) is 8.72. The molecule has 1 aliphatic rings. The van der Waals surface area contributed by atoms with Crippen molar-refractivity contribution in [1.82, 2.24) is 0 Å². The van der Waals surface area contributed by atoms with Crippen LogP contribution < -0.4 is 5.73 Å². The number of Topliss-reactive ketones (excluding diaryl/α,β-unsaturated/α-hetero) is 1. The lowest BCUT2D eigenvalue weighted by atomic mass is 10.0. The monoisotopic (exact) mass is 161 g/mol. The molecule has 0 heterocycles. The number of hydrogen-bond acceptors (Lipinski definition) is 2. The standard InChI is InChI=1S/C10H11NO/c1-6-7-4-2-3-5-8(7)9(11)10(6)12/h2-6,9H,11H2,1H3. The molecule has 1 aliphatic carbocycles. The van der Waals surface area contributed by atoms with Crippen molar-refractivity contribution in [1.29, 1.82) is 0 Å². The Morgan fingerprint density at radius 3 is 2.42 bits per heavy atom. The molecule has 0 aliphatic heterocycles. The summed E-state index contributed by atoms with van der Waals surface area (Å²) >= 11 is 0. The summed E-state index contributed by atoms with van der Waals surface area (Å²) in [6, 6.07) is 7.38. The first kappa shape index (κ1) is 7.50. The lowest BCUT2D eigenvalue weighted by Crippen LogP contribution is -2.17. The fraction of sp³-hybridized carbons (Fsp3) is 0.300. The number of fused-ring (bicyclic) bond motifs is 1. The van der Waals surface area contributed by atoms with Gasteiger partial charge in [0.25, 0.3) is 0 Å². The molecule has 2 atom stereocenters. The molecular weight excluding hydrogens is 150 g/mol. The van der Waals surface area contributed by atoms with E-state index in [0.29, 0.717) is 0 Å². The van der Waals surface area contributed by atoms with E-state index in [1.54, 1.807) is 0 Å². The zero-order valence-electron chi connectivity index (χ0n) is 6.95. The quantitative estimate of drug-likeness (QED) is 0.624. The molecule has 2 unspecified atom stereocenters. The highest BCUT2D eigenvalue weighted by atomic mass is 16.1. The molecule has 0 saturated carbocycles. The Balaban J connectivity index is 2.59. The van der Waals surface area contributed by atoms with Crippen LogP contribution in [-0.4, -0.2) is 5.78 Å². The minimum atomic E-state index is -0.392. The highest BCUT2D eigenvalue weighted by Crippen LogP contribution is 2.34. The van der Waals surface area contributed by atoms with Crippen molar-refractivity contribution >= 4 is 5.78 Å². The van der Waals surface area contributed by atoms with E-state index in [4.69, 9.17) is 5.73 Å². The maximum atomic E-state index is 11.4. The Labute approximate surface area is 71.4 Å². The molecule has 0 aromatic heterocycles. The average molecular weight is 161 g/mol. The van der Waals surface area contributed by atoms with Gasteiger partial charge in [-0.25, -0.2) is 0 Å². The maximum absolute atomic E-state index is 11.4. The molecule has 12 heavy (non-hydrogen) atoms. The van der Waals surface area contributed by atoms with Crippen molar-refractivity contribution in [2.24, 2.45) is 5.73 Å². The Morgan fingerprint density at radius 1 is 1.25 bits per heavy atom. The van der Waals surface area contributed by atoms with Gasteiger partial charge in [-0.05, 0) is 11.1 Å². The maximum Gasteiger partial charge on any atom is 0.161 e. The van der Waals surface area contributed by atoms with Crippen LogP contribution in [0.3, 0.4) is 0 Å². The molecule has 0 radical (unpaired) electrons. The van der Waals surface area contributed by atoms with Crippen LogP contribution in [-0.2, 0) is 4.79 Å². The Kier molecular flexibility index (Phi) is 1.51. The molecule has 0 bridgehead atoms. The van der Waals surface area contributed by atoms with Crippen LogP contribution in [0.15, 0.2) is 24.3 Å². The average Bonchev–Trinajstić information content (AvgIpc) is 2.33. The molecule has 2 N–H and O–H groups in total. The summed E-state index contributed by atoms with van der Waals surface area (Å²) in [4.78, 5) is 11.4. The van der Waals surface area contributed by atoms with Crippen LogP contribution in [0.4, 0.5) is 0 Å². The predicted molar refractivity (Wildman–Crippen MR) is 46.8 cm³/mol. The first-order valence-corrected chi connectivity index (χ1v) is 4.10. The van der Waals surface area contributed by atoms with Crippen LogP contribution in [0.1, 0.15) is 30.0 Å². The third-order valence-corrected chi connectivity index (χ3v) is 2.53. The molecule has 2 nitrogen and oxygen atoms in total. The van der Waals surface area contributed by atoms with Crippen molar-refractivity contribution in [3.8, 4) is 0 Å². The Bertz CT molecular complexity index is 301. The lowest BCUT2D eigenvalue weighted by molar-refractivity contribution is -0.120. The number of benzene rings is 1. The van der Waals surface area contributed by atoms with Crippen molar-refractivity contribution < 1.29 is 4.79 Å². The van der Waals surface area contributed by atoms with Gasteiger partial charge in [-0.2, -0.15) is 0 Å². The normalized spacial score (nSPS) is 27.3. The lowest BCUT2D eigenvalue weighted by Gasteiger charge is -2.00. The second-order valence-electron chi connectivity index (χ2n) is 3.23. The van der Waals surface area contributed by atoms with Gasteiger partial charge in [0.05, 0.1) is 6.04 Å². The van der Waals surface area contributed by atoms with Crippen molar-refractivity contribution in [2.75, 3.05) is 0 Å².